The molecule has 0 bridgehead atoms. The Morgan fingerprint density at radius 2 is 0.636 bits per heavy atom. The summed E-state index contributed by atoms with van der Waals surface area (Å²) < 4.78 is 17.5. The van der Waals surface area contributed by atoms with Gasteiger partial charge in [-0.15, -0.1) is 0 Å². The second kappa shape index (κ2) is 13.5. The van der Waals surface area contributed by atoms with Gasteiger partial charge in [0, 0.05) is 0 Å². The number of amides is 4. The minimum Gasteiger partial charge on any atom is -0.478 e. The number of carboxylic acid groups (broad SMARTS) is 2. The van der Waals surface area contributed by atoms with Crippen LogP contribution in [0.15, 0.2) is 133 Å². The number of carbonyl (C=O) groups excluding carboxylic acids is 4. The number of carboxylic acids is 2. The van der Waals surface area contributed by atoms with Crippen LogP contribution in [0.5, 0.6) is 34.5 Å². The highest BCUT2D eigenvalue weighted by Gasteiger charge is 2.38. The number of benzene rings is 6. The number of imide groups is 2. The first-order valence-corrected chi connectivity index (χ1v) is 16.5. The second-order valence-corrected chi connectivity index (χ2v) is 12.3. The van der Waals surface area contributed by atoms with Crippen molar-refractivity contribution in [3.8, 4) is 34.5 Å². The van der Waals surface area contributed by atoms with Gasteiger partial charge in [0.25, 0.3) is 23.6 Å². The smallest absolute Gasteiger partial charge is 0.335 e. The third kappa shape index (κ3) is 6.38. The number of aromatic carboxylic acids is 2. The average Bonchev–Trinajstić information content (AvgIpc) is 3.58. The van der Waals surface area contributed by atoms with Gasteiger partial charge in [0.2, 0.25) is 0 Å². The Labute approximate surface area is 310 Å². The maximum atomic E-state index is 13.5. The summed E-state index contributed by atoms with van der Waals surface area (Å²) in [6, 6.07) is 33.1. The van der Waals surface area contributed by atoms with Crippen molar-refractivity contribution in [2.75, 3.05) is 9.80 Å². The number of ether oxygens (including phenoxy) is 3. The summed E-state index contributed by atoms with van der Waals surface area (Å²) in [7, 11) is 0. The van der Waals surface area contributed by atoms with Gasteiger partial charge >= 0.3 is 11.9 Å². The van der Waals surface area contributed by atoms with Gasteiger partial charge in [0.05, 0.1) is 44.8 Å². The molecule has 13 nitrogen and oxygen atoms in total. The van der Waals surface area contributed by atoms with E-state index in [1.165, 1.54) is 84.9 Å². The zero-order valence-corrected chi connectivity index (χ0v) is 28.2. The van der Waals surface area contributed by atoms with Crippen molar-refractivity contribution in [3.63, 3.8) is 0 Å². The molecule has 2 heterocycles. The lowest BCUT2D eigenvalue weighted by atomic mass is 10.1. The van der Waals surface area contributed by atoms with Gasteiger partial charge in [-0.25, -0.2) is 19.4 Å². The van der Waals surface area contributed by atoms with E-state index >= 15 is 0 Å². The molecule has 8 rings (SSSR count). The standard InChI is InChI=1S/C42H24N2O11/c45-37-33-19-17-31(21-35(33)39(47)43(37)25-5-13-29(14-6-25)53-27-9-1-23(2-10-27)41(49)50)55-32-18-20-34-36(22-32)40(48)44(38(34)46)26-7-15-30(16-8-26)54-28-11-3-24(4-12-28)42(51)52/h1-22H,(H,49,50)(H,51,52). The van der Waals surface area contributed by atoms with Gasteiger partial charge < -0.3 is 24.4 Å². The normalized spacial score (nSPS) is 13.1. The first-order valence-electron chi connectivity index (χ1n) is 16.5. The van der Waals surface area contributed by atoms with Gasteiger partial charge in [0.15, 0.2) is 0 Å². The lowest BCUT2D eigenvalue weighted by Gasteiger charge is -2.14. The van der Waals surface area contributed by atoms with Crippen molar-refractivity contribution in [1.29, 1.82) is 0 Å². The maximum Gasteiger partial charge on any atom is 0.335 e. The molecular weight excluding hydrogens is 708 g/mol. The monoisotopic (exact) mass is 732 g/mol. The van der Waals surface area contributed by atoms with E-state index in [9.17, 15) is 28.8 Å². The molecule has 4 amide bonds. The van der Waals surface area contributed by atoms with Crippen LogP contribution in [0.1, 0.15) is 62.1 Å². The van der Waals surface area contributed by atoms with E-state index in [0.29, 0.717) is 34.4 Å². The maximum absolute atomic E-state index is 13.5. The summed E-state index contributed by atoms with van der Waals surface area (Å²) in [5.74, 6) is -2.23. The molecule has 0 radical (unpaired) electrons. The molecule has 6 aromatic rings. The Bertz CT molecular complexity index is 2400. The third-order valence-corrected chi connectivity index (χ3v) is 8.82. The van der Waals surface area contributed by atoms with E-state index in [1.807, 2.05) is 0 Å². The van der Waals surface area contributed by atoms with Crippen molar-refractivity contribution >= 4 is 46.9 Å². The van der Waals surface area contributed by atoms with Crippen LogP contribution in [0.3, 0.4) is 0 Å². The summed E-state index contributed by atoms with van der Waals surface area (Å²) in [4.78, 5) is 77.8. The number of hydrogen-bond donors (Lipinski definition) is 2. The van der Waals surface area contributed by atoms with Crippen LogP contribution in [0.2, 0.25) is 0 Å². The van der Waals surface area contributed by atoms with Crippen LogP contribution >= 0.6 is 0 Å². The Balaban J connectivity index is 0.940. The molecule has 0 saturated heterocycles. The summed E-state index contributed by atoms with van der Waals surface area (Å²) in [6.45, 7) is 0. The largest absolute Gasteiger partial charge is 0.478 e. The van der Waals surface area contributed by atoms with Crippen LogP contribution in [-0.2, 0) is 0 Å². The molecule has 0 aliphatic carbocycles. The summed E-state index contributed by atoms with van der Waals surface area (Å²) in [5, 5.41) is 18.2. The van der Waals surface area contributed by atoms with Gasteiger partial charge in [-0.1, -0.05) is 0 Å². The summed E-state index contributed by atoms with van der Waals surface area (Å²) >= 11 is 0. The first-order chi connectivity index (χ1) is 26.5. The molecule has 268 valence electrons. The fourth-order valence-electron chi connectivity index (χ4n) is 6.10. The topological polar surface area (TPSA) is 177 Å². The first kappa shape index (κ1) is 34.0. The minimum absolute atomic E-state index is 0.115. The number of anilines is 2. The lowest BCUT2D eigenvalue weighted by molar-refractivity contribution is 0.0686. The van der Waals surface area contributed by atoms with Crippen molar-refractivity contribution in [2.45, 2.75) is 0 Å². The molecule has 13 heteroatoms. The predicted octanol–water partition coefficient (Wildman–Crippen LogP) is 8.06. The number of fused-ring (bicyclic) bond motifs is 2. The van der Waals surface area contributed by atoms with Crippen molar-refractivity contribution in [3.05, 3.63) is 167 Å². The summed E-state index contributed by atoms with van der Waals surface area (Å²) in [6.07, 6.45) is 0. The Morgan fingerprint density at radius 1 is 0.364 bits per heavy atom. The number of carbonyl (C=O) groups is 6. The van der Waals surface area contributed by atoms with Gasteiger partial charge in [-0.3, -0.25) is 19.2 Å². The van der Waals surface area contributed by atoms with Crippen molar-refractivity contribution in [2.24, 2.45) is 0 Å². The molecule has 0 saturated carbocycles. The van der Waals surface area contributed by atoms with Gasteiger partial charge in [-0.05, 0) is 133 Å². The lowest BCUT2D eigenvalue weighted by Crippen LogP contribution is -2.29. The molecule has 0 aromatic heterocycles. The number of rotatable bonds is 10. The Morgan fingerprint density at radius 3 is 0.964 bits per heavy atom. The van der Waals surface area contributed by atoms with E-state index < -0.39 is 35.6 Å². The third-order valence-electron chi connectivity index (χ3n) is 8.82. The van der Waals surface area contributed by atoms with Crippen LogP contribution in [0, 0.1) is 0 Å². The van der Waals surface area contributed by atoms with Crippen LogP contribution in [-0.4, -0.2) is 45.8 Å². The van der Waals surface area contributed by atoms with Crippen LogP contribution in [0.4, 0.5) is 11.4 Å². The van der Waals surface area contributed by atoms with E-state index in [2.05, 4.69) is 0 Å². The molecule has 0 unspecified atom stereocenters. The fraction of sp³-hybridized carbons (Fsp3) is 0. The molecule has 0 atom stereocenters. The average molecular weight is 733 g/mol. The molecular formula is C42H24N2O11. The highest BCUT2D eigenvalue weighted by Crippen LogP contribution is 2.36. The number of nitrogens with zero attached hydrogens (tertiary/aromatic N) is 2. The minimum atomic E-state index is -1.06. The zero-order valence-electron chi connectivity index (χ0n) is 28.2. The van der Waals surface area contributed by atoms with E-state index in [1.54, 1.807) is 48.5 Å². The SMILES string of the molecule is O=C(O)c1ccc(Oc2ccc(N3C(=O)c4ccc(Oc5ccc6c(c5)C(=O)N(c5ccc(Oc7ccc(C(=O)O)cc7)cc5)C6=O)cc4C3=O)cc2)cc1. The van der Waals surface area contributed by atoms with Crippen LogP contribution in [0.25, 0.3) is 0 Å². The van der Waals surface area contributed by atoms with E-state index in [4.69, 9.17) is 24.4 Å². The zero-order chi connectivity index (χ0) is 38.4. The highest BCUT2D eigenvalue weighted by atomic mass is 16.5. The quantitative estimate of drug-likeness (QED) is 0.130. The van der Waals surface area contributed by atoms with Crippen LogP contribution < -0.4 is 24.0 Å². The molecule has 2 N–H and O–H groups in total. The Hall–Kier alpha value is -8.06. The number of hydrogen-bond acceptors (Lipinski definition) is 9. The predicted molar refractivity (Wildman–Crippen MR) is 195 cm³/mol. The molecule has 6 aromatic carbocycles. The molecule has 55 heavy (non-hydrogen) atoms. The fourth-order valence-corrected chi connectivity index (χ4v) is 6.10. The Kier molecular flexibility index (Phi) is 8.35. The molecule has 2 aliphatic heterocycles. The second-order valence-electron chi connectivity index (χ2n) is 12.3. The molecule has 2 aliphatic rings. The molecule has 0 spiro atoms. The van der Waals surface area contributed by atoms with Gasteiger partial charge in [0.1, 0.15) is 34.5 Å². The van der Waals surface area contributed by atoms with E-state index in [-0.39, 0.29) is 44.9 Å². The van der Waals surface area contributed by atoms with E-state index in [0.717, 1.165) is 9.80 Å². The van der Waals surface area contributed by atoms with Crippen molar-refractivity contribution < 1.29 is 53.2 Å². The highest BCUT2D eigenvalue weighted by molar-refractivity contribution is 6.35. The van der Waals surface area contributed by atoms with Gasteiger partial charge in [-0.2, -0.15) is 0 Å². The molecule has 0 fully saturated rings. The van der Waals surface area contributed by atoms with Crippen molar-refractivity contribution in [1.82, 2.24) is 0 Å². The summed E-state index contributed by atoms with van der Waals surface area (Å²) in [5.41, 5.74) is 1.43.